The third kappa shape index (κ3) is 3.78. The summed E-state index contributed by atoms with van der Waals surface area (Å²) in [6, 6.07) is 1.12. The van der Waals surface area contributed by atoms with Crippen LogP contribution in [0.3, 0.4) is 0 Å². The number of aromatic nitrogens is 1. The summed E-state index contributed by atoms with van der Waals surface area (Å²) in [7, 11) is 0. The zero-order valence-electron chi connectivity index (χ0n) is 10.0. The van der Waals surface area contributed by atoms with Gasteiger partial charge in [0.1, 0.15) is 5.76 Å². The summed E-state index contributed by atoms with van der Waals surface area (Å²) < 4.78 is 4.78. The Morgan fingerprint density at radius 3 is 2.65 bits per heavy atom. The summed E-state index contributed by atoms with van der Waals surface area (Å²) in [4.78, 5) is 22.5. The molecular weight excluding hydrogens is 224 g/mol. The van der Waals surface area contributed by atoms with Crippen LogP contribution in [-0.2, 0) is 4.79 Å². The molecule has 0 aliphatic rings. The maximum Gasteiger partial charge on any atom is 0.320 e. The zero-order valence-corrected chi connectivity index (χ0v) is 10.0. The number of nitrogens with one attached hydrogen (secondary N) is 2. The van der Waals surface area contributed by atoms with Gasteiger partial charge in [-0.05, 0) is 20.8 Å². The minimum Gasteiger partial charge on any atom is -0.369 e. The van der Waals surface area contributed by atoms with Crippen molar-refractivity contribution in [1.29, 1.82) is 0 Å². The lowest BCUT2D eigenvalue weighted by Gasteiger charge is -2.20. The molecule has 0 spiro atoms. The number of carbonyl (C=O) groups excluding carboxylic acids is 2. The molecule has 0 unspecified atom stereocenters. The van der Waals surface area contributed by atoms with Gasteiger partial charge >= 0.3 is 6.03 Å². The Morgan fingerprint density at radius 2 is 2.18 bits per heavy atom. The second-order valence-corrected chi connectivity index (χ2v) is 4.38. The number of rotatable bonds is 4. The molecule has 0 aliphatic heterocycles. The fraction of sp³-hybridized carbons (Fsp3) is 0.500. The molecule has 94 valence electrons. The first kappa shape index (κ1) is 13.0. The van der Waals surface area contributed by atoms with Crippen LogP contribution in [0.2, 0.25) is 0 Å². The van der Waals surface area contributed by atoms with Crippen LogP contribution >= 0.6 is 0 Å². The van der Waals surface area contributed by atoms with Gasteiger partial charge in [0.2, 0.25) is 5.91 Å². The highest BCUT2D eigenvalue weighted by atomic mass is 16.5. The first-order valence-corrected chi connectivity index (χ1v) is 5.09. The van der Waals surface area contributed by atoms with Crippen molar-refractivity contribution in [2.45, 2.75) is 20.8 Å². The van der Waals surface area contributed by atoms with E-state index >= 15 is 0 Å². The minimum atomic E-state index is -0.795. The van der Waals surface area contributed by atoms with Crippen LogP contribution < -0.4 is 16.4 Å². The van der Waals surface area contributed by atoms with Crippen LogP contribution in [0.1, 0.15) is 19.6 Å². The molecule has 0 aromatic carbocycles. The normalized spacial score (nSPS) is 11.0. The van der Waals surface area contributed by atoms with Crippen molar-refractivity contribution < 1.29 is 14.1 Å². The van der Waals surface area contributed by atoms with Gasteiger partial charge in [0.15, 0.2) is 5.82 Å². The van der Waals surface area contributed by atoms with Crippen LogP contribution in [0.15, 0.2) is 10.6 Å². The van der Waals surface area contributed by atoms with E-state index in [1.807, 2.05) is 0 Å². The Morgan fingerprint density at radius 1 is 1.53 bits per heavy atom. The average Bonchev–Trinajstić information content (AvgIpc) is 2.61. The second-order valence-electron chi connectivity index (χ2n) is 4.38. The Labute approximate surface area is 98.7 Å². The van der Waals surface area contributed by atoms with Gasteiger partial charge < -0.3 is 15.6 Å². The summed E-state index contributed by atoms with van der Waals surface area (Å²) in [5, 5.41) is 8.59. The Hall–Kier alpha value is -2.05. The highest BCUT2D eigenvalue weighted by Gasteiger charge is 2.25. The van der Waals surface area contributed by atoms with E-state index in [0.29, 0.717) is 11.6 Å². The van der Waals surface area contributed by atoms with Crippen molar-refractivity contribution in [2.75, 3.05) is 11.9 Å². The number of aryl methyl sites for hydroxylation is 1. The van der Waals surface area contributed by atoms with Crippen LogP contribution in [0.4, 0.5) is 10.6 Å². The third-order valence-electron chi connectivity index (χ3n) is 2.23. The Balaban J connectivity index is 2.43. The molecule has 1 rings (SSSR count). The molecule has 7 heteroatoms. The van der Waals surface area contributed by atoms with Crippen LogP contribution in [0.5, 0.6) is 0 Å². The number of hydrogen-bond acceptors (Lipinski definition) is 4. The van der Waals surface area contributed by atoms with Gasteiger partial charge in [-0.15, -0.1) is 0 Å². The number of urea groups is 1. The Bertz CT molecular complexity index is 425. The number of nitrogens with two attached hydrogens (primary N) is 1. The summed E-state index contributed by atoms with van der Waals surface area (Å²) in [5.74, 6) is 0.435. The van der Waals surface area contributed by atoms with Gasteiger partial charge in [0, 0.05) is 12.6 Å². The van der Waals surface area contributed by atoms with Gasteiger partial charge in [-0.3, -0.25) is 10.1 Å². The SMILES string of the molecule is Cc1cc(NC(=O)NCC(C)(C)C(N)=O)no1. The fourth-order valence-electron chi connectivity index (χ4n) is 0.974. The minimum absolute atomic E-state index is 0.144. The highest BCUT2D eigenvalue weighted by Crippen LogP contribution is 2.12. The largest absolute Gasteiger partial charge is 0.369 e. The van der Waals surface area contributed by atoms with Crippen LogP contribution in [0, 0.1) is 12.3 Å². The standard InChI is InChI=1S/C10H16N4O3/c1-6-4-7(14-17-6)13-9(16)12-5-10(2,3)8(11)15/h4H,5H2,1-3H3,(H2,11,15)(H2,12,13,14,16). The lowest BCUT2D eigenvalue weighted by atomic mass is 9.93. The fourth-order valence-corrected chi connectivity index (χ4v) is 0.974. The van der Waals surface area contributed by atoms with Crippen LogP contribution in [-0.4, -0.2) is 23.6 Å². The molecule has 1 heterocycles. The van der Waals surface area contributed by atoms with Crippen molar-refractivity contribution in [3.8, 4) is 0 Å². The quantitative estimate of drug-likeness (QED) is 0.716. The van der Waals surface area contributed by atoms with E-state index < -0.39 is 17.4 Å². The van der Waals surface area contributed by atoms with Crippen molar-refractivity contribution in [2.24, 2.45) is 11.1 Å². The Kier molecular flexibility index (Phi) is 3.72. The van der Waals surface area contributed by atoms with Gasteiger partial charge in [0.25, 0.3) is 0 Å². The molecule has 1 aromatic rings. The number of anilines is 1. The molecule has 3 amide bonds. The number of hydrogen-bond donors (Lipinski definition) is 3. The molecule has 17 heavy (non-hydrogen) atoms. The molecule has 0 bridgehead atoms. The number of primary amides is 1. The topological polar surface area (TPSA) is 110 Å². The monoisotopic (exact) mass is 240 g/mol. The summed E-state index contributed by atoms with van der Waals surface area (Å²) >= 11 is 0. The summed E-state index contributed by atoms with van der Waals surface area (Å²) in [6.45, 7) is 5.16. The maximum absolute atomic E-state index is 11.4. The molecule has 0 aliphatic carbocycles. The van der Waals surface area contributed by atoms with E-state index in [1.165, 1.54) is 0 Å². The molecule has 0 fully saturated rings. The van der Waals surface area contributed by atoms with Gasteiger partial charge in [0.05, 0.1) is 5.41 Å². The van der Waals surface area contributed by atoms with E-state index in [4.69, 9.17) is 10.3 Å². The third-order valence-corrected chi connectivity index (χ3v) is 2.23. The van der Waals surface area contributed by atoms with E-state index in [-0.39, 0.29) is 6.54 Å². The second kappa shape index (κ2) is 4.86. The van der Waals surface area contributed by atoms with Crippen molar-refractivity contribution in [3.05, 3.63) is 11.8 Å². The number of carbonyl (C=O) groups is 2. The van der Waals surface area contributed by atoms with Crippen LogP contribution in [0.25, 0.3) is 0 Å². The van der Waals surface area contributed by atoms with E-state index in [1.54, 1.807) is 26.8 Å². The molecule has 4 N–H and O–H groups in total. The van der Waals surface area contributed by atoms with Gasteiger partial charge in [-0.1, -0.05) is 5.16 Å². The van der Waals surface area contributed by atoms with E-state index in [9.17, 15) is 9.59 Å². The summed E-state index contributed by atoms with van der Waals surface area (Å²) in [6.07, 6.45) is 0. The highest BCUT2D eigenvalue weighted by molar-refractivity contribution is 5.89. The predicted molar refractivity (Wildman–Crippen MR) is 61.2 cm³/mol. The van der Waals surface area contributed by atoms with Crippen molar-refractivity contribution in [1.82, 2.24) is 10.5 Å². The van der Waals surface area contributed by atoms with E-state index in [0.717, 1.165) is 0 Å². The van der Waals surface area contributed by atoms with Crippen molar-refractivity contribution in [3.63, 3.8) is 0 Å². The summed E-state index contributed by atoms with van der Waals surface area (Å²) in [5.41, 5.74) is 4.38. The lowest BCUT2D eigenvalue weighted by molar-refractivity contribution is -0.125. The molecule has 7 nitrogen and oxygen atoms in total. The molecular formula is C10H16N4O3. The van der Waals surface area contributed by atoms with Crippen molar-refractivity contribution >= 4 is 17.8 Å². The average molecular weight is 240 g/mol. The molecule has 0 saturated carbocycles. The number of nitrogens with zero attached hydrogens (tertiary/aromatic N) is 1. The first-order chi connectivity index (χ1) is 7.81. The number of amides is 3. The predicted octanol–water partition coefficient (Wildman–Crippen LogP) is 0.616. The molecule has 0 saturated heterocycles. The maximum atomic E-state index is 11.4. The van der Waals surface area contributed by atoms with Gasteiger partial charge in [-0.2, -0.15) is 0 Å². The molecule has 0 radical (unpaired) electrons. The zero-order chi connectivity index (χ0) is 13.1. The lowest BCUT2D eigenvalue weighted by Crippen LogP contribution is -2.43. The first-order valence-electron chi connectivity index (χ1n) is 5.09. The molecule has 1 aromatic heterocycles. The molecule has 0 atom stereocenters. The van der Waals surface area contributed by atoms with Gasteiger partial charge in [-0.25, -0.2) is 4.79 Å². The smallest absolute Gasteiger partial charge is 0.320 e. The van der Waals surface area contributed by atoms with E-state index in [2.05, 4.69) is 15.8 Å².